The second-order valence-electron chi connectivity index (χ2n) is 5.82. The minimum Gasteiger partial charge on any atom is -0.349 e. The first-order valence-electron chi connectivity index (χ1n) is 7.74. The first kappa shape index (κ1) is 20.9. The second-order valence-corrected chi connectivity index (χ2v) is 6.77. The number of aromatic nitrogens is 1. The number of benzene rings is 1. The maximum Gasteiger partial charge on any atom is 0.270 e. The highest BCUT2D eigenvalue weighted by atomic mass is 35.5. The fraction of sp³-hybridized carbons (Fsp3) is 0.412. The van der Waals surface area contributed by atoms with Gasteiger partial charge < -0.3 is 11.1 Å². The number of amides is 1. The van der Waals surface area contributed by atoms with Gasteiger partial charge in [0.25, 0.3) is 5.91 Å². The fourth-order valence-corrected chi connectivity index (χ4v) is 3.20. The molecule has 7 heteroatoms. The first-order valence-corrected chi connectivity index (χ1v) is 8.62. The number of nitrogens with two attached hydrogens (primary N) is 1. The molecule has 24 heavy (non-hydrogen) atoms. The average molecular weight is 388 g/mol. The van der Waals surface area contributed by atoms with E-state index in [9.17, 15) is 4.79 Å². The van der Waals surface area contributed by atoms with Gasteiger partial charge in [0.1, 0.15) is 5.69 Å². The van der Waals surface area contributed by atoms with Gasteiger partial charge in [0.15, 0.2) is 0 Å². The van der Waals surface area contributed by atoms with Gasteiger partial charge in [0.05, 0.1) is 5.01 Å². The summed E-state index contributed by atoms with van der Waals surface area (Å²) in [6.45, 7) is 0.542. The van der Waals surface area contributed by atoms with Crippen LogP contribution in [0.15, 0.2) is 35.7 Å². The molecular formula is C17H23Cl2N3OS. The lowest BCUT2D eigenvalue weighted by Crippen LogP contribution is -2.38. The van der Waals surface area contributed by atoms with Gasteiger partial charge in [-0.3, -0.25) is 4.79 Å². The molecule has 1 heterocycles. The van der Waals surface area contributed by atoms with Crippen LogP contribution in [-0.4, -0.2) is 23.5 Å². The molecule has 3 N–H and O–H groups in total. The third-order valence-electron chi connectivity index (χ3n) is 3.98. The summed E-state index contributed by atoms with van der Waals surface area (Å²) in [6.07, 6.45) is 4.19. The zero-order valence-electron chi connectivity index (χ0n) is 13.3. The van der Waals surface area contributed by atoms with Crippen LogP contribution >= 0.6 is 36.2 Å². The molecule has 1 aliphatic rings. The molecular weight excluding hydrogens is 365 g/mol. The van der Waals surface area contributed by atoms with Gasteiger partial charge in [-0.1, -0.05) is 30.3 Å². The summed E-state index contributed by atoms with van der Waals surface area (Å²) in [5, 5.41) is 5.72. The van der Waals surface area contributed by atoms with Crippen molar-refractivity contribution in [3.05, 3.63) is 52.0 Å². The van der Waals surface area contributed by atoms with Crippen LogP contribution < -0.4 is 11.1 Å². The van der Waals surface area contributed by atoms with Crippen molar-refractivity contribution >= 4 is 42.1 Å². The molecule has 0 bridgehead atoms. The van der Waals surface area contributed by atoms with E-state index in [2.05, 4.69) is 22.4 Å². The summed E-state index contributed by atoms with van der Waals surface area (Å²) in [5.74, 6) is 0.482. The Labute approximate surface area is 159 Å². The predicted molar refractivity (Wildman–Crippen MR) is 103 cm³/mol. The molecule has 1 unspecified atom stereocenters. The van der Waals surface area contributed by atoms with E-state index in [-0.39, 0.29) is 36.8 Å². The number of nitrogens with zero attached hydrogens (tertiary/aromatic N) is 1. The topological polar surface area (TPSA) is 68.0 Å². The fourth-order valence-electron chi connectivity index (χ4n) is 2.42. The highest BCUT2D eigenvalue weighted by Crippen LogP contribution is 2.31. The Balaban J connectivity index is 0.00000144. The van der Waals surface area contributed by atoms with E-state index in [1.54, 1.807) is 11.3 Å². The van der Waals surface area contributed by atoms with Gasteiger partial charge in [-0.25, -0.2) is 4.98 Å². The molecule has 1 saturated carbocycles. The SMILES string of the molecule is Cl.Cl.NC(CNC(=O)c1csc(CCc2ccccc2)n1)C1CC1. The Bertz CT molecular complexity index is 632. The van der Waals surface area contributed by atoms with Gasteiger partial charge in [0, 0.05) is 24.4 Å². The van der Waals surface area contributed by atoms with Crippen LogP contribution in [0, 0.1) is 5.92 Å². The monoisotopic (exact) mass is 387 g/mol. The minimum absolute atomic E-state index is 0. The van der Waals surface area contributed by atoms with E-state index in [0.717, 1.165) is 17.8 Å². The van der Waals surface area contributed by atoms with Gasteiger partial charge in [-0.2, -0.15) is 0 Å². The van der Waals surface area contributed by atoms with Gasteiger partial charge in [0.2, 0.25) is 0 Å². The van der Waals surface area contributed by atoms with Crippen LogP contribution in [0.4, 0.5) is 0 Å². The highest BCUT2D eigenvalue weighted by molar-refractivity contribution is 7.09. The summed E-state index contributed by atoms with van der Waals surface area (Å²) in [7, 11) is 0. The number of hydrogen-bond donors (Lipinski definition) is 2. The van der Waals surface area contributed by atoms with Crippen molar-refractivity contribution in [2.24, 2.45) is 11.7 Å². The van der Waals surface area contributed by atoms with E-state index in [1.807, 2.05) is 23.6 Å². The van der Waals surface area contributed by atoms with Crippen molar-refractivity contribution in [3.8, 4) is 0 Å². The number of nitrogens with one attached hydrogen (secondary N) is 1. The molecule has 4 nitrogen and oxygen atoms in total. The molecule has 2 aromatic rings. The molecule has 0 aliphatic heterocycles. The number of halogens is 2. The maximum absolute atomic E-state index is 12.1. The summed E-state index contributed by atoms with van der Waals surface area (Å²) < 4.78 is 0. The van der Waals surface area contributed by atoms with E-state index in [0.29, 0.717) is 18.2 Å². The van der Waals surface area contributed by atoms with Crippen molar-refractivity contribution in [2.45, 2.75) is 31.7 Å². The molecule has 0 radical (unpaired) electrons. The molecule has 1 aromatic carbocycles. The van der Waals surface area contributed by atoms with Gasteiger partial charge >= 0.3 is 0 Å². The smallest absolute Gasteiger partial charge is 0.270 e. The molecule has 132 valence electrons. The Morgan fingerprint density at radius 3 is 2.62 bits per heavy atom. The molecule has 1 aromatic heterocycles. The van der Waals surface area contributed by atoms with Crippen LogP contribution in [0.25, 0.3) is 0 Å². The number of carbonyl (C=O) groups excluding carboxylic acids is 1. The summed E-state index contributed by atoms with van der Waals surface area (Å²) in [6, 6.07) is 10.4. The molecule has 0 spiro atoms. The van der Waals surface area contributed by atoms with Crippen LogP contribution in [0.5, 0.6) is 0 Å². The van der Waals surface area contributed by atoms with Crippen LogP contribution in [-0.2, 0) is 12.8 Å². The molecule has 0 saturated heterocycles. The van der Waals surface area contributed by atoms with Gasteiger partial charge in [-0.05, 0) is 30.7 Å². The molecule has 1 aliphatic carbocycles. The van der Waals surface area contributed by atoms with Crippen molar-refractivity contribution in [1.82, 2.24) is 10.3 Å². The number of carbonyl (C=O) groups is 1. The zero-order chi connectivity index (χ0) is 15.4. The Hall–Kier alpha value is -1.14. The Morgan fingerprint density at radius 2 is 1.96 bits per heavy atom. The quantitative estimate of drug-likeness (QED) is 0.765. The van der Waals surface area contributed by atoms with Gasteiger partial charge in [-0.15, -0.1) is 36.2 Å². The first-order chi connectivity index (χ1) is 10.7. The standard InChI is InChI=1S/C17H21N3OS.2ClH/c18-14(13-7-8-13)10-19-17(21)15-11-22-16(20-15)9-6-12-4-2-1-3-5-12;;/h1-5,11,13-14H,6-10,18H2,(H,19,21);2*1H. The lowest BCUT2D eigenvalue weighted by atomic mass is 10.1. The highest BCUT2D eigenvalue weighted by Gasteiger charge is 2.28. The maximum atomic E-state index is 12.1. The average Bonchev–Trinajstić information content (AvgIpc) is 3.30. The van der Waals surface area contributed by atoms with Crippen molar-refractivity contribution in [2.75, 3.05) is 6.54 Å². The second kappa shape index (κ2) is 9.99. The lowest BCUT2D eigenvalue weighted by molar-refractivity contribution is 0.0946. The third kappa shape index (κ3) is 6.06. The Kier molecular flexibility index (Phi) is 8.70. The van der Waals surface area contributed by atoms with Crippen LogP contribution in [0.3, 0.4) is 0 Å². The lowest BCUT2D eigenvalue weighted by Gasteiger charge is -2.10. The summed E-state index contributed by atoms with van der Waals surface area (Å²) >= 11 is 1.55. The zero-order valence-corrected chi connectivity index (χ0v) is 15.8. The number of aryl methyl sites for hydroxylation is 2. The summed E-state index contributed by atoms with van der Waals surface area (Å²) in [5.41, 5.74) is 7.79. The van der Waals surface area contributed by atoms with E-state index < -0.39 is 0 Å². The Morgan fingerprint density at radius 1 is 1.25 bits per heavy atom. The minimum atomic E-state index is -0.113. The number of thiazole rings is 1. The van der Waals surface area contributed by atoms with E-state index in [1.165, 1.54) is 18.4 Å². The molecule has 1 amide bonds. The third-order valence-corrected chi connectivity index (χ3v) is 4.89. The summed E-state index contributed by atoms with van der Waals surface area (Å²) in [4.78, 5) is 16.5. The molecule has 1 atom stereocenters. The van der Waals surface area contributed by atoms with E-state index in [4.69, 9.17) is 5.73 Å². The molecule has 3 rings (SSSR count). The number of hydrogen-bond acceptors (Lipinski definition) is 4. The predicted octanol–water partition coefficient (Wildman–Crippen LogP) is 3.24. The largest absolute Gasteiger partial charge is 0.349 e. The number of rotatable bonds is 7. The van der Waals surface area contributed by atoms with E-state index >= 15 is 0 Å². The normalized spacial score (nSPS) is 14.2. The van der Waals surface area contributed by atoms with Crippen molar-refractivity contribution in [1.29, 1.82) is 0 Å². The van der Waals surface area contributed by atoms with Crippen LogP contribution in [0.1, 0.15) is 33.9 Å². The molecule has 1 fully saturated rings. The van der Waals surface area contributed by atoms with Crippen molar-refractivity contribution in [3.63, 3.8) is 0 Å². The van der Waals surface area contributed by atoms with Crippen molar-refractivity contribution < 1.29 is 4.79 Å². The van der Waals surface area contributed by atoms with Crippen LogP contribution in [0.2, 0.25) is 0 Å².